The fourth-order valence-corrected chi connectivity index (χ4v) is 2.77. The minimum atomic E-state index is 0.591. The maximum atomic E-state index is 4.53. The molecule has 0 atom stereocenters. The van der Waals surface area contributed by atoms with Gasteiger partial charge in [-0.1, -0.05) is 54.6 Å². The van der Waals surface area contributed by atoms with Crippen LogP contribution in [-0.2, 0) is 6.54 Å². The molecule has 29 heavy (non-hydrogen) atoms. The normalized spacial score (nSPS) is 10.8. The van der Waals surface area contributed by atoms with E-state index >= 15 is 0 Å². The van der Waals surface area contributed by atoms with Crippen LogP contribution >= 0.6 is 0 Å². The highest BCUT2D eigenvalue weighted by Gasteiger charge is 2.01. The first-order valence-corrected chi connectivity index (χ1v) is 9.42. The Balaban J connectivity index is 1.37. The molecular weight excluding hydrogens is 358 g/mol. The third-order valence-electron chi connectivity index (χ3n) is 4.27. The highest BCUT2D eigenvalue weighted by atomic mass is 15.1. The van der Waals surface area contributed by atoms with Crippen LogP contribution in [0.5, 0.6) is 0 Å². The van der Waals surface area contributed by atoms with E-state index in [1.807, 2.05) is 66.7 Å². The number of nitrogens with zero attached hydrogens (tertiary/aromatic N) is 3. The summed E-state index contributed by atoms with van der Waals surface area (Å²) in [5, 5.41) is 6.57. The monoisotopic (exact) mass is 379 g/mol. The fourth-order valence-electron chi connectivity index (χ4n) is 2.77. The number of hydrogen-bond donors (Lipinski definition) is 2. The van der Waals surface area contributed by atoms with Gasteiger partial charge in [0.05, 0.1) is 5.69 Å². The molecule has 2 N–H and O–H groups in total. The van der Waals surface area contributed by atoms with Crippen molar-refractivity contribution in [1.29, 1.82) is 0 Å². The van der Waals surface area contributed by atoms with E-state index in [9.17, 15) is 0 Å². The molecule has 0 spiro atoms. The van der Waals surface area contributed by atoms with Gasteiger partial charge in [-0.25, -0.2) is 4.98 Å². The quantitative estimate of drug-likeness (QED) is 0.450. The first-order valence-electron chi connectivity index (χ1n) is 9.42. The highest BCUT2D eigenvalue weighted by Crippen LogP contribution is 2.17. The molecule has 0 bridgehead atoms. The minimum absolute atomic E-state index is 0.591. The second-order valence-corrected chi connectivity index (χ2v) is 6.44. The van der Waals surface area contributed by atoms with Crippen molar-refractivity contribution in [1.82, 2.24) is 15.0 Å². The van der Waals surface area contributed by atoms with Crippen LogP contribution in [0.1, 0.15) is 16.8 Å². The zero-order chi connectivity index (χ0) is 19.7. The summed E-state index contributed by atoms with van der Waals surface area (Å²) in [6.07, 6.45) is 7.57. The molecule has 0 amide bonds. The van der Waals surface area contributed by atoms with Crippen LogP contribution in [0.15, 0.2) is 91.3 Å². The number of pyridine rings is 1. The van der Waals surface area contributed by atoms with E-state index in [-0.39, 0.29) is 0 Å². The van der Waals surface area contributed by atoms with Gasteiger partial charge >= 0.3 is 0 Å². The topological polar surface area (TPSA) is 62.7 Å². The summed E-state index contributed by atoms with van der Waals surface area (Å²) in [5.41, 5.74) is 4.19. The van der Waals surface area contributed by atoms with Gasteiger partial charge in [0, 0.05) is 24.6 Å². The van der Waals surface area contributed by atoms with Gasteiger partial charge in [0.1, 0.15) is 5.82 Å². The third kappa shape index (κ3) is 5.49. The molecule has 0 aliphatic carbocycles. The number of rotatable bonds is 7. The lowest BCUT2D eigenvalue weighted by atomic mass is 10.2. The Bertz CT molecular complexity index is 1060. The molecule has 0 unspecified atom stereocenters. The molecule has 2 heterocycles. The molecule has 4 rings (SSSR count). The van der Waals surface area contributed by atoms with Gasteiger partial charge in [0.2, 0.25) is 5.95 Å². The molecule has 2 aromatic heterocycles. The molecule has 0 saturated carbocycles. The van der Waals surface area contributed by atoms with Crippen LogP contribution in [0.25, 0.3) is 12.2 Å². The lowest BCUT2D eigenvalue weighted by Crippen LogP contribution is -2.04. The summed E-state index contributed by atoms with van der Waals surface area (Å²) >= 11 is 0. The Kier molecular flexibility index (Phi) is 5.88. The zero-order valence-corrected chi connectivity index (χ0v) is 15.9. The van der Waals surface area contributed by atoms with Gasteiger partial charge in [0.25, 0.3) is 0 Å². The van der Waals surface area contributed by atoms with E-state index in [0.29, 0.717) is 12.5 Å². The largest absolute Gasteiger partial charge is 0.350 e. The van der Waals surface area contributed by atoms with E-state index in [0.717, 1.165) is 22.8 Å². The van der Waals surface area contributed by atoms with Gasteiger partial charge in [0.15, 0.2) is 0 Å². The number of benzene rings is 2. The van der Waals surface area contributed by atoms with Gasteiger partial charge in [-0.15, -0.1) is 0 Å². The average molecular weight is 379 g/mol. The molecule has 2 aromatic carbocycles. The van der Waals surface area contributed by atoms with Crippen molar-refractivity contribution in [3.05, 3.63) is 108 Å². The van der Waals surface area contributed by atoms with Gasteiger partial charge in [-0.3, -0.25) is 4.98 Å². The Morgan fingerprint density at radius 3 is 2.34 bits per heavy atom. The number of hydrogen-bond acceptors (Lipinski definition) is 5. The lowest BCUT2D eigenvalue weighted by Gasteiger charge is -2.09. The van der Waals surface area contributed by atoms with Crippen LogP contribution in [-0.4, -0.2) is 15.0 Å². The van der Waals surface area contributed by atoms with Crippen LogP contribution in [0, 0.1) is 0 Å². The zero-order valence-electron chi connectivity index (χ0n) is 15.9. The smallest absolute Gasteiger partial charge is 0.224 e. The van der Waals surface area contributed by atoms with E-state index < -0.39 is 0 Å². The molecule has 0 radical (unpaired) electrons. The third-order valence-corrected chi connectivity index (χ3v) is 4.27. The van der Waals surface area contributed by atoms with Crippen molar-refractivity contribution in [2.75, 3.05) is 10.6 Å². The van der Waals surface area contributed by atoms with E-state index in [1.165, 1.54) is 5.56 Å². The maximum absolute atomic E-state index is 4.53. The second-order valence-electron chi connectivity index (χ2n) is 6.44. The van der Waals surface area contributed by atoms with Gasteiger partial charge in [-0.2, -0.15) is 4.98 Å². The van der Waals surface area contributed by atoms with Crippen LogP contribution in [0.2, 0.25) is 0 Å². The van der Waals surface area contributed by atoms with Crippen LogP contribution < -0.4 is 10.6 Å². The molecule has 5 heteroatoms. The van der Waals surface area contributed by atoms with E-state index in [2.05, 4.69) is 49.9 Å². The summed E-state index contributed by atoms with van der Waals surface area (Å²) in [5.74, 6) is 1.33. The molecule has 0 aliphatic rings. The molecule has 142 valence electrons. The van der Waals surface area contributed by atoms with Gasteiger partial charge < -0.3 is 10.6 Å². The molecule has 0 aliphatic heterocycles. The van der Waals surface area contributed by atoms with Crippen LogP contribution in [0.4, 0.5) is 17.5 Å². The Labute approximate surface area is 170 Å². The molecule has 0 fully saturated rings. The van der Waals surface area contributed by atoms with Crippen molar-refractivity contribution >= 4 is 29.6 Å². The molecular formula is C24H21N5. The van der Waals surface area contributed by atoms with Crippen molar-refractivity contribution in [3.8, 4) is 0 Å². The summed E-state index contributed by atoms with van der Waals surface area (Å²) in [6.45, 7) is 0.682. The summed E-state index contributed by atoms with van der Waals surface area (Å²) in [6, 6.07) is 26.0. The van der Waals surface area contributed by atoms with E-state index in [1.54, 1.807) is 12.4 Å². The first-order chi connectivity index (χ1) is 14.3. The van der Waals surface area contributed by atoms with Crippen molar-refractivity contribution < 1.29 is 0 Å². The SMILES string of the molecule is C(=Cc1ccccn1)c1ccc(Nc2ccnc(NCc3ccccc3)n2)cc1. The number of nitrogens with one attached hydrogen (secondary N) is 2. The fraction of sp³-hybridized carbons (Fsp3) is 0.0417. The predicted octanol–water partition coefficient (Wildman–Crippen LogP) is 5.40. The first kappa shape index (κ1) is 18.4. The molecule has 5 nitrogen and oxygen atoms in total. The Morgan fingerprint density at radius 1 is 0.724 bits per heavy atom. The summed E-state index contributed by atoms with van der Waals surface area (Å²) in [7, 11) is 0. The Hall–Kier alpha value is -3.99. The molecule has 0 saturated heterocycles. The lowest BCUT2D eigenvalue weighted by molar-refractivity contribution is 1.06. The average Bonchev–Trinajstić information content (AvgIpc) is 2.79. The van der Waals surface area contributed by atoms with Crippen molar-refractivity contribution in [2.24, 2.45) is 0 Å². The maximum Gasteiger partial charge on any atom is 0.224 e. The second kappa shape index (κ2) is 9.28. The highest BCUT2D eigenvalue weighted by molar-refractivity contribution is 5.69. The summed E-state index contributed by atoms with van der Waals surface area (Å²) in [4.78, 5) is 13.1. The van der Waals surface area contributed by atoms with Gasteiger partial charge in [-0.05, 0) is 47.5 Å². The van der Waals surface area contributed by atoms with Crippen LogP contribution in [0.3, 0.4) is 0 Å². The standard InChI is InChI=1S/C24H21N5/c1-2-6-20(7-3-1)18-27-24-26-17-15-23(29-24)28-22-13-10-19(11-14-22)9-12-21-8-4-5-16-25-21/h1-17H,18H2,(H2,26,27,28,29). The van der Waals surface area contributed by atoms with Crippen molar-refractivity contribution in [3.63, 3.8) is 0 Å². The molecule has 4 aromatic rings. The predicted molar refractivity (Wildman–Crippen MR) is 119 cm³/mol. The van der Waals surface area contributed by atoms with Crippen molar-refractivity contribution in [2.45, 2.75) is 6.54 Å². The minimum Gasteiger partial charge on any atom is -0.350 e. The number of anilines is 3. The summed E-state index contributed by atoms with van der Waals surface area (Å²) < 4.78 is 0. The van der Waals surface area contributed by atoms with E-state index in [4.69, 9.17) is 0 Å². The Morgan fingerprint density at radius 2 is 1.55 bits per heavy atom. The number of aromatic nitrogens is 3.